The van der Waals surface area contributed by atoms with Gasteiger partial charge in [0, 0.05) is 40.0 Å². The lowest BCUT2D eigenvalue weighted by molar-refractivity contribution is -0.113. The van der Waals surface area contributed by atoms with Crippen molar-refractivity contribution in [2.75, 3.05) is 10.2 Å². The first-order valence-electron chi connectivity index (χ1n) is 13.2. The maximum absolute atomic E-state index is 13.7. The fraction of sp³-hybridized carbons (Fsp3) is 0.0606. The van der Waals surface area contributed by atoms with Gasteiger partial charge in [0.1, 0.15) is 5.82 Å². The molecule has 4 aromatic carbocycles. The molecular formula is C33H22Cl2FN3O2S2. The standard InChI is InChI=1S/C33H22Cl2FN3O2S2/c1-19-26(25-7-2-3-8-29(25)38(19)18-20-9-14-27(34)28(35)15-20)17-30-32(41)39(33(42)43-30)24-6-4-5-21(16-24)31(40)37-23-12-10-22(36)11-13-23/h2-17H,18H2,1H3,(H,37,40)/b30-17+. The van der Waals surface area contributed by atoms with Crippen molar-refractivity contribution in [1.82, 2.24) is 4.57 Å². The van der Waals surface area contributed by atoms with Gasteiger partial charge < -0.3 is 9.88 Å². The fourth-order valence-corrected chi connectivity index (χ4v) is 6.61. The largest absolute Gasteiger partial charge is 0.340 e. The smallest absolute Gasteiger partial charge is 0.270 e. The number of rotatable bonds is 6. The van der Waals surface area contributed by atoms with Crippen LogP contribution in [0, 0.1) is 12.7 Å². The number of nitrogens with zero attached hydrogens (tertiary/aromatic N) is 2. The average Bonchev–Trinajstić information content (AvgIpc) is 3.43. The third kappa shape index (κ3) is 5.84. The summed E-state index contributed by atoms with van der Waals surface area (Å²) in [5.74, 6) is -1.06. The Morgan fingerprint density at radius 2 is 1.74 bits per heavy atom. The van der Waals surface area contributed by atoms with Gasteiger partial charge in [-0.3, -0.25) is 14.5 Å². The lowest BCUT2D eigenvalue weighted by atomic mass is 10.1. The van der Waals surface area contributed by atoms with E-state index in [1.807, 2.05) is 49.4 Å². The number of anilines is 2. The minimum Gasteiger partial charge on any atom is -0.340 e. The molecule has 5 aromatic rings. The van der Waals surface area contributed by atoms with Crippen molar-refractivity contribution in [3.8, 4) is 0 Å². The Morgan fingerprint density at radius 1 is 0.977 bits per heavy atom. The predicted octanol–water partition coefficient (Wildman–Crippen LogP) is 9.10. The van der Waals surface area contributed by atoms with Crippen molar-refractivity contribution in [1.29, 1.82) is 0 Å². The topological polar surface area (TPSA) is 54.3 Å². The van der Waals surface area contributed by atoms with Crippen LogP contribution in [0.15, 0.2) is 95.9 Å². The summed E-state index contributed by atoms with van der Waals surface area (Å²) in [6.07, 6.45) is 1.88. The normalized spacial score (nSPS) is 14.2. The van der Waals surface area contributed by atoms with Gasteiger partial charge in [-0.05, 0) is 79.2 Å². The predicted molar refractivity (Wildman–Crippen MR) is 179 cm³/mol. The first kappa shape index (κ1) is 29.1. The zero-order chi connectivity index (χ0) is 30.2. The molecule has 43 heavy (non-hydrogen) atoms. The SMILES string of the molecule is Cc1c(/C=C2/SC(=S)N(c3cccc(C(=O)Nc4ccc(F)cc4)c3)C2=O)c2ccccc2n1Cc1ccc(Cl)c(Cl)c1. The van der Waals surface area contributed by atoms with Gasteiger partial charge in [0.05, 0.1) is 20.6 Å². The van der Waals surface area contributed by atoms with Crippen molar-refractivity contribution in [2.24, 2.45) is 0 Å². The molecule has 1 aliphatic heterocycles. The monoisotopic (exact) mass is 645 g/mol. The highest BCUT2D eigenvalue weighted by atomic mass is 35.5. The van der Waals surface area contributed by atoms with E-state index in [2.05, 4.69) is 9.88 Å². The highest BCUT2D eigenvalue weighted by molar-refractivity contribution is 8.27. The van der Waals surface area contributed by atoms with Crippen molar-refractivity contribution in [3.05, 3.63) is 134 Å². The molecule has 0 unspecified atom stereocenters. The second-order valence-corrected chi connectivity index (χ2v) is 12.4. The second-order valence-electron chi connectivity index (χ2n) is 9.88. The maximum Gasteiger partial charge on any atom is 0.270 e. The molecule has 1 N–H and O–H groups in total. The molecule has 5 nitrogen and oxygen atoms in total. The minimum atomic E-state index is -0.395. The molecule has 0 spiro atoms. The molecule has 10 heteroatoms. The zero-order valence-corrected chi connectivity index (χ0v) is 25.8. The third-order valence-corrected chi connectivity index (χ3v) is 9.18. The maximum atomic E-state index is 13.7. The van der Waals surface area contributed by atoms with Gasteiger partial charge >= 0.3 is 0 Å². The number of para-hydroxylation sites is 1. The Labute approximate surface area is 266 Å². The number of amides is 2. The number of thiocarbonyl (C=S) groups is 1. The number of halogens is 3. The van der Waals surface area contributed by atoms with E-state index in [1.165, 1.54) is 40.9 Å². The zero-order valence-electron chi connectivity index (χ0n) is 22.6. The van der Waals surface area contributed by atoms with Gasteiger partial charge in [-0.15, -0.1) is 0 Å². The van der Waals surface area contributed by atoms with Crippen LogP contribution in [0.4, 0.5) is 15.8 Å². The Balaban J connectivity index is 1.30. The molecule has 1 fully saturated rings. The third-order valence-electron chi connectivity index (χ3n) is 7.14. The number of hydrogen-bond donors (Lipinski definition) is 1. The lowest BCUT2D eigenvalue weighted by Crippen LogP contribution is -2.27. The van der Waals surface area contributed by atoms with Gasteiger partial charge in [0.15, 0.2) is 4.32 Å². The summed E-state index contributed by atoms with van der Waals surface area (Å²) in [5, 5.41) is 4.74. The van der Waals surface area contributed by atoms with E-state index >= 15 is 0 Å². The summed E-state index contributed by atoms with van der Waals surface area (Å²) in [6.45, 7) is 2.60. The van der Waals surface area contributed by atoms with Gasteiger partial charge in [-0.25, -0.2) is 4.39 Å². The molecule has 2 heterocycles. The number of carbonyl (C=O) groups excluding carboxylic acids is 2. The van der Waals surface area contributed by atoms with E-state index < -0.39 is 5.82 Å². The highest BCUT2D eigenvalue weighted by Gasteiger charge is 2.34. The lowest BCUT2D eigenvalue weighted by Gasteiger charge is -2.15. The highest BCUT2D eigenvalue weighted by Crippen LogP contribution is 2.38. The molecule has 0 atom stereocenters. The van der Waals surface area contributed by atoms with Crippen LogP contribution in [0.2, 0.25) is 10.0 Å². The molecule has 0 radical (unpaired) electrons. The molecule has 0 saturated carbocycles. The Hall–Kier alpha value is -3.95. The molecule has 0 bridgehead atoms. The summed E-state index contributed by atoms with van der Waals surface area (Å²) >= 11 is 19.2. The number of hydrogen-bond acceptors (Lipinski definition) is 4. The number of fused-ring (bicyclic) bond motifs is 1. The Kier molecular flexibility index (Phi) is 8.11. The van der Waals surface area contributed by atoms with Crippen molar-refractivity contribution < 1.29 is 14.0 Å². The van der Waals surface area contributed by atoms with Crippen molar-refractivity contribution >= 4 is 91.7 Å². The van der Waals surface area contributed by atoms with Crippen LogP contribution >= 0.6 is 47.2 Å². The van der Waals surface area contributed by atoms with E-state index in [9.17, 15) is 14.0 Å². The summed E-state index contributed by atoms with van der Waals surface area (Å²) in [4.78, 5) is 28.5. The van der Waals surface area contributed by atoms with Crippen molar-refractivity contribution in [2.45, 2.75) is 13.5 Å². The van der Waals surface area contributed by atoms with E-state index in [-0.39, 0.29) is 11.8 Å². The summed E-state index contributed by atoms with van der Waals surface area (Å²) in [6, 6.07) is 25.8. The van der Waals surface area contributed by atoms with Gasteiger partial charge in [-0.1, -0.05) is 77.5 Å². The van der Waals surface area contributed by atoms with Crippen LogP contribution in [0.5, 0.6) is 0 Å². The average molecular weight is 647 g/mol. The van der Waals surface area contributed by atoms with E-state index in [0.29, 0.717) is 42.8 Å². The minimum absolute atomic E-state index is 0.271. The molecule has 2 amide bonds. The van der Waals surface area contributed by atoms with Gasteiger partial charge in [0.2, 0.25) is 0 Å². The second kappa shape index (κ2) is 12.0. The number of thioether (sulfide) groups is 1. The first-order valence-corrected chi connectivity index (χ1v) is 15.1. The van der Waals surface area contributed by atoms with Crippen LogP contribution in [-0.2, 0) is 11.3 Å². The summed E-state index contributed by atoms with van der Waals surface area (Å²) in [5.41, 5.74) is 5.20. The molecular weight excluding hydrogens is 624 g/mol. The molecule has 6 rings (SSSR count). The Bertz CT molecular complexity index is 1970. The van der Waals surface area contributed by atoms with E-state index in [4.69, 9.17) is 35.4 Å². The summed E-state index contributed by atoms with van der Waals surface area (Å²) in [7, 11) is 0. The molecule has 1 saturated heterocycles. The number of benzene rings is 4. The number of nitrogens with one attached hydrogen (secondary N) is 1. The van der Waals surface area contributed by atoms with Crippen molar-refractivity contribution in [3.63, 3.8) is 0 Å². The molecule has 1 aromatic heterocycles. The fourth-order valence-electron chi connectivity index (χ4n) is 5.01. The van der Waals surface area contributed by atoms with Gasteiger partial charge in [0.25, 0.3) is 11.8 Å². The summed E-state index contributed by atoms with van der Waals surface area (Å²) < 4.78 is 15.8. The van der Waals surface area contributed by atoms with Gasteiger partial charge in [-0.2, -0.15) is 0 Å². The quantitative estimate of drug-likeness (QED) is 0.148. The van der Waals surface area contributed by atoms with Crippen LogP contribution < -0.4 is 10.2 Å². The molecule has 1 aliphatic rings. The molecule has 214 valence electrons. The molecule has 0 aliphatic carbocycles. The van der Waals surface area contributed by atoms with Crippen LogP contribution in [0.25, 0.3) is 17.0 Å². The van der Waals surface area contributed by atoms with Crippen LogP contribution in [-0.4, -0.2) is 20.7 Å². The Morgan fingerprint density at radius 3 is 2.51 bits per heavy atom. The number of aromatic nitrogens is 1. The van der Waals surface area contributed by atoms with E-state index in [1.54, 1.807) is 30.3 Å². The van der Waals surface area contributed by atoms with E-state index in [0.717, 1.165) is 27.7 Å². The first-order chi connectivity index (χ1) is 20.7. The van der Waals surface area contributed by atoms with Crippen LogP contribution in [0.3, 0.4) is 0 Å². The number of carbonyl (C=O) groups is 2. The van der Waals surface area contributed by atoms with Crippen LogP contribution in [0.1, 0.15) is 27.2 Å².